The molecule has 2 heterocycles. The number of benzene rings is 1. The highest BCUT2D eigenvalue weighted by Gasteiger charge is 2.21. The number of fused-ring (bicyclic) bond motifs is 1. The zero-order valence-electron chi connectivity index (χ0n) is 14.5. The van der Waals surface area contributed by atoms with Gasteiger partial charge in [-0.3, -0.25) is 0 Å². The summed E-state index contributed by atoms with van der Waals surface area (Å²) in [6.45, 7) is 9.77. The third kappa shape index (κ3) is 3.30. The van der Waals surface area contributed by atoms with Crippen molar-refractivity contribution >= 4 is 41.5 Å². The normalized spacial score (nSPS) is 11.8. The summed E-state index contributed by atoms with van der Waals surface area (Å²) in [5.41, 5.74) is 1.64. The van der Waals surface area contributed by atoms with E-state index in [1.165, 1.54) is 5.19 Å². The molecule has 0 fully saturated rings. The van der Waals surface area contributed by atoms with Gasteiger partial charge in [-0.25, -0.2) is 9.78 Å². The third-order valence-electron chi connectivity index (χ3n) is 4.03. The number of rotatable bonds is 5. The molecule has 4 nitrogen and oxygen atoms in total. The molecule has 0 aliphatic heterocycles. The van der Waals surface area contributed by atoms with Gasteiger partial charge in [-0.15, -0.1) is 11.3 Å². The van der Waals surface area contributed by atoms with Crippen LogP contribution >= 0.6 is 11.3 Å². The van der Waals surface area contributed by atoms with Gasteiger partial charge in [-0.1, -0.05) is 37.0 Å². The largest absolute Gasteiger partial charge is 0.461 e. The molecule has 1 aromatic carbocycles. The second-order valence-electron chi connectivity index (χ2n) is 6.79. The zero-order chi connectivity index (χ0) is 17.3. The Morgan fingerprint density at radius 3 is 2.71 bits per heavy atom. The molecule has 0 unspecified atom stereocenters. The van der Waals surface area contributed by atoms with Crippen molar-refractivity contribution in [2.45, 2.75) is 33.1 Å². The van der Waals surface area contributed by atoms with E-state index in [1.54, 1.807) is 17.5 Å². The van der Waals surface area contributed by atoms with Crippen LogP contribution in [0.25, 0.3) is 10.9 Å². The number of esters is 1. The van der Waals surface area contributed by atoms with E-state index in [9.17, 15) is 4.79 Å². The van der Waals surface area contributed by atoms with Crippen LogP contribution in [0.15, 0.2) is 35.8 Å². The Kier molecular flexibility index (Phi) is 4.60. The van der Waals surface area contributed by atoms with Crippen molar-refractivity contribution in [1.29, 1.82) is 0 Å². The number of thiazole rings is 1. The van der Waals surface area contributed by atoms with E-state index >= 15 is 0 Å². The van der Waals surface area contributed by atoms with Gasteiger partial charge in [-0.05, 0) is 19.1 Å². The van der Waals surface area contributed by atoms with Crippen molar-refractivity contribution in [3.05, 3.63) is 46.5 Å². The van der Waals surface area contributed by atoms with Crippen LogP contribution in [-0.4, -0.2) is 30.2 Å². The predicted octanol–water partition coefficient (Wildman–Crippen LogP) is 3.87. The molecule has 0 radical (unpaired) electrons. The summed E-state index contributed by atoms with van der Waals surface area (Å²) in [7, 11) is -1.40. The fraction of sp³-hybridized carbons (Fsp3) is 0.333. The molecule has 3 rings (SSSR count). The fourth-order valence-corrected chi connectivity index (χ4v) is 4.52. The van der Waals surface area contributed by atoms with E-state index in [1.807, 2.05) is 22.9 Å². The highest BCUT2D eigenvalue weighted by molar-refractivity contribution is 7.09. The van der Waals surface area contributed by atoms with E-state index in [0.29, 0.717) is 18.8 Å². The van der Waals surface area contributed by atoms with E-state index in [4.69, 9.17) is 4.74 Å². The van der Waals surface area contributed by atoms with Crippen LogP contribution in [0.4, 0.5) is 0 Å². The Labute approximate surface area is 147 Å². The molecule has 0 saturated heterocycles. The molecule has 0 aliphatic carbocycles. The lowest BCUT2D eigenvalue weighted by molar-refractivity contribution is 0.0515. The van der Waals surface area contributed by atoms with Gasteiger partial charge in [0.1, 0.15) is 10.7 Å². The Morgan fingerprint density at radius 1 is 1.29 bits per heavy atom. The molecule has 0 aliphatic rings. The molecular weight excluding hydrogens is 336 g/mol. The fourth-order valence-electron chi connectivity index (χ4n) is 2.75. The Morgan fingerprint density at radius 2 is 2.08 bits per heavy atom. The molecule has 0 saturated carbocycles. The Bertz CT molecular complexity index is 863. The highest BCUT2D eigenvalue weighted by atomic mass is 32.1. The van der Waals surface area contributed by atoms with Gasteiger partial charge in [0, 0.05) is 22.5 Å². The Balaban J connectivity index is 2.13. The lowest BCUT2D eigenvalue weighted by Gasteiger charge is -2.16. The van der Waals surface area contributed by atoms with E-state index in [-0.39, 0.29) is 5.97 Å². The number of carbonyl (C=O) groups is 1. The molecule has 24 heavy (non-hydrogen) atoms. The molecule has 2 aromatic heterocycles. The summed E-state index contributed by atoms with van der Waals surface area (Å²) in [5, 5.41) is 5.41. The van der Waals surface area contributed by atoms with E-state index < -0.39 is 8.07 Å². The standard InChI is InChI=1S/C18H22N2O2SSi/c1-5-22-18(21)16-11-13-10-14(24(2,3)4)6-7-15(13)20(16)12-17-19-8-9-23-17/h6-11H,5,12H2,1-4H3. The Hall–Kier alpha value is -1.92. The van der Waals surface area contributed by atoms with Gasteiger partial charge in [-0.2, -0.15) is 0 Å². The molecule has 0 amide bonds. The van der Waals surface area contributed by atoms with Crippen molar-refractivity contribution in [3.63, 3.8) is 0 Å². The molecular formula is C18H22N2O2SSi. The third-order valence-corrected chi connectivity index (χ3v) is 6.84. The first kappa shape index (κ1) is 16.9. The van der Waals surface area contributed by atoms with Gasteiger partial charge in [0.15, 0.2) is 0 Å². The van der Waals surface area contributed by atoms with E-state index in [2.05, 4.69) is 42.8 Å². The van der Waals surface area contributed by atoms with Gasteiger partial charge in [0.2, 0.25) is 0 Å². The van der Waals surface area contributed by atoms with Crippen LogP contribution in [-0.2, 0) is 11.3 Å². The van der Waals surface area contributed by atoms with Crippen molar-refractivity contribution < 1.29 is 9.53 Å². The smallest absolute Gasteiger partial charge is 0.354 e. The lowest BCUT2D eigenvalue weighted by atomic mass is 10.2. The number of aromatic nitrogens is 2. The van der Waals surface area contributed by atoms with Crippen molar-refractivity contribution in [3.8, 4) is 0 Å². The van der Waals surface area contributed by atoms with Crippen LogP contribution in [0.3, 0.4) is 0 Å². The second-order valence-corrected chi connectivity index (χ2v) is 12.8. The first-order chi connectivity index (χ1) is 11.4. The monoisotopic (exact) mass is 358 g/mol. The quantitative estimate of drug-likeness (QED) is 0.514. The van der Waals surface area contributed by atoms with Gasteiger partial charge >= 0.3 is 5.97 Å². The van der Waals surface area contributed by atoms with Crippen LogP contribution in [0.1, 0.15) is 22.4 Å². The predicted molar refractivity (Wildman–Crippen MR) is 102 cm³/mol. The summed E-state index contributed by atoms with van der Waals surface area (Å²) < 4.78 is 7.26. The van der Waals surface area contributed by atoms with Crippen LogP contribution in [0, 0.1) is 0 Å². The number of hydrogen-bond donors (Lipinski definition) is 0. The summed E-state index contributed by atoms with van der Waals surface area (Å²) >= 11 is 1.59. The molecule has 3 aromatic rings. The topological polar surface area (TPSA) is 44.1 Å². The summed E-state index contributed by atoms with van der Waals surface area (Å²) in [5.74, 6) is -0.278. The molecule has 0 N–H and O–H groups in total. The average molecular weight is 359 g/mol. The minimum atomic E-state index is -1.40. The first-order valence-electron chi connectivity index (χ1n) is 8.09. The molecule has 6 heteroatoms. The highest BCUT2D eigenvalue weighted by Crippen LogP contribution is 2.23. The number of ether oxygens (including phenoxy) is 1. The average Bonchev–Trinajstić information content (AvgIpc) is 3.15. The van der Waals surface area contributed by atoms with Crippen LogP contribution in [0.5, 0.6) is 0 Å². The SMILES string of the molecule is CCOC(=O)c1cc2cc([Si](C)(C)C)ccc2n1Cc1nccs1. The molecule has 0 bridgehead atoms. The van der Waals surface area contributed by atoms with Gasteiger partial charge in [0.05, 0.1) is 21.2 Å². The maximum absolute atomic E-state index is 12.4. The molecule has 0 spiro atoms. The molecule has 126 valence electrons. The lowest BCUT2D eigenvalue weighted by Crippen LogP contribution is -2.37. The summed E-state index contributed by atoms with van der Waals surface area (Å²) in [4.78, 5) is 16.7. The van der Waals surface area contributed by atoms with Crippen molar-refractivity contribution in [2.75, 3.05) is 6.61 Å². The van der Waals surface area contributed by atoms with Crippen LogP contribution < -0.4 is 5.19 Å². The maximum atomic E-state index is 12.4. The van der Waals surface area contributed by atoms with Crippen LogP contribution in [0.2, 0.25) is 19.6 Å². The van der Waals surface area contributed by atoms with Gasteiger partial charge in [0.25, 0.3) is 0 Å². The van der Waals surface area contributed by atoms with Crippen molar-refractivity contribution in [1.82, 2.24) is 9.55 Å². The number of hydrogen-bond acceptors (Lipinski definition) is 4. The number of nitrogens with zero attached hydrogens (tertiary/aromatic N) is 2. The maximum Gasteiger partial charge on any atom is 0.354 e. The minimum absolute atomic E-state index is 0.278. The van der Waals surface area contributed by atoms with Gasteiger partial charge < -0.3 is 9.30 Å². The minimum Gasteiger partial charge on any atom is -0.461 e. The summed E-state index contributed by atoms with van der Waals surface area (Å²) in [6, 6.07) is 8.49. The number of carbonyl (C=O) groups excluding carboxylic acids is 1. The van der Waals surface area contributed by atoms with E-state index in [0.717, 1.165) is 15.9 Å². The summed E-state index contributed by atoms with van der Waals surface area (Å²) in [6.07, 6.45) is 1.79. The van der Waals surface area contributed by atoms with Crippen molar-refractivity contribution in [2.24, 2.45) is 0 Å². The second kappa shape index (κ2) is 6.53. The zero-order valence-corrected chi connectivity index (χ0v) is 16.3. The first-order valence-corrected chi connectivity index (χ1v) is 12.5. The molecule has 0 atom stereocenters.